The average Bonchev–Trinajstić information content (AvgIpc) is 2.56. The first kappa shape index (κ1) is 17.7. The molecule has 2 aromatic carbocycles. The summed E-state index contributed by atoms with van der Waals surface area (Å²) in [7, 11) is 0. The van der Waals surface area contributed by atoms with Gasteiger partial charge in [-0.2, -0.15) is 0 Å². The van der Waals surface area contributed by atoms with E-state index in [9.17, 15) is 14.7 Å². The van der Waals surface area contributed by atoms with Crippen LogP contribution in [0.1, 0.15) is 36.1 Å². The average molecular weight is 326 g/mol. The minimum Gasteiger partial charge on any atom is -0.392 e. The van der Waals surface area contributed by atoms with Crippen LogP contribution in [-0.2, 0) is 16.2 Å². The van der Waals surface area contributed by atoms with Gasteiger partial charge < -0.3 is 15.7 Å². The lowest BCUT2D eigenvalue weighted by Gasteiger charge is -2.18. The molecule has 0 aliphatic rings. The normalized spacial score (nSPS) is 11.6. The van der Waals surface area contributed by atoms with Crippen LogP contribution in [0.15, 0.2) is 48.5 Å². The van der Waals surface area contributed by atoms with Crippen molar-refractivity contribution in [2.45, 2.75) is 32.9 Å². The number of anilines is 1. The predicted molar refractivity (Wildman–Crippen MR) is 93.3 cm³/mol. The van der Waals surface area contributed by atoms with Crippen molar-refractivity contribution in [3.8, 4) is 0 Å². The van der Waals surface area contributed by atoms with Crippen molar-refractivity contribution in [2.75, 3.05) is 5.32 Å². The molecule has 2 rings (SSSR count). The molecule has 3 N–H and O–H groups in total. The second-order valence-corrected chi connectivity index (χ2v) is 5.72. The first-order chi connectivity index (χ1) is 11.5. The minimum absolute atomic E-state index is 0.0817. The van der Waals surface area contributed by atoms with Gasteiger partial charge in [0.2, 0.25) is 11.8 Å². The molecule has 0 aliphatic heterocycles. The number of rotatable bonds is 6. The van der Waals surface area contributed by atoms with Gasteiger partial charge in [-0.3, -0.25) is 9.59 Å². The van der Waals surface area contributed by atoms with E-state index in [1.165, 1.54) is 6.92 Å². The number of aliphatic hydroxyl groups is 1. The molecule has 5 nitrogen and oxygen atoms in total. The van der Waals surface area contributed by atoms with Gasteiger partial charge in [-0.05, 0) is 29.7 Å². The van der Waals surface area contributed by atoms with Crippen molar-refractivity contribution in [1.82, 2.24) is 5.32 Å². The lowest BCUT2D eigenvalue weighted by atomic mass is 10.0. The molecule has 5 heteroatoms. The highest BCUT2D eigenvalue weighted by molar-refractivity contribution is 5.92. The van der Waals surface area contributed by atoms with E-state index in [1.807, 2.05) is 49.4 Å². The van der Waals surface area contributed by atoms with E-state index in [0.717, 1.165) is 16.7 Å². The fraction of sp³-hybridized carbons (Fsp3) is 0.263. The maximum atomic E-state index is 12.4. The van der Waals surface area contributed by atoms with Gasteiger partial charge in [0.1, 0.15) is 0 Å². The van der Waals surface area contributed by atoms with Crippen LogP contribution in [-0.4, -0.2) is 16.9 Å². The van der Waals surface area contributed by atoms with Crippen molar-refractivity contribution >= 4 is 17.5 Å². The maximum absolute atomic E-state index is 12.4. The maximum Gasteiger partial charge on any atom is 0.226 e. The summed E-state index contributed by atoms with van der Waals surface area (Å²) in [4.78, 5) is 23.8. The Morgan fingerprint density at radius 2 is 1.83 bits per heavy atom. The van der Waals surface area contributed by atoms with Crippen LogP contribution < -0.4 is 10.6 Å². The Balaban J connectivity index is 2.12. The van der Waals surface area contributed by atoms with Gasteiger partial charge in [-0.1, -0.05) is 42.5 Å². The Morgan fingerprint density at radius 1 is 1.12 bits per heavy atom. The second-order valence-electron chi connectivity index (χ2n) is 5.72. The zero-order chi connectivity index (χ0) is 17.5. The van der Waals surface area contributed by atoms with Crippen molar-refractivity contribution in [3.63, 3.8) is 0 Å². The summed E-state index contributed by atoms with van der Waals surface area (Å²) in [5.41, 5.74) is 3.19. The van der Waals surface area contributed by atoms with Crippen LogP contribution in [0.5, 0.6) is 0 Å². The summed E-state index contributed by atoms with van der Waals surface area (Å²) < 4.78 is 0. The molecular formula is C19H22N2O3. The third-order valence-corrected chi connectivity index (χ3v) is 3.73. The quantitative estimate of drug-likeness (QED) is 0.764. The molecule has 0 heterocycles. The standard InChI is InChI=1S/C19H22N2O3/c1-13-8-9-15(12-22)10-17(13)21-19(24)11-18(20-14(2)23)16-6-4-3-5-7-16/h3-10,18,22H,11-12H2,1-2H3,(H,20,23)(H,21,24). The van der Waals surface area contributed by atoms with Crippen molar-refractivity contribution < 1.29 is 14.7 Å². The number of carbonyl (C=O) groups is 2. The molecule has 126 valence electrons. The first-order valence-corrected chi connectivity index (χ1v) is 7.82. The van der Waals surface area contributed by atoms with E-state index in [0.29, 0.717) is 5.69 Å². The molecule has 0 fully saturated rings. The molecule has 0 bridgehead atoms. The molecule has 0 radical (unpaired) electrons. The molecular weight excluding hydrogens is 304 g/mol. The summed E-state index contributed by atoms with van der Waals surface area (Å²) in [5, 5.41) is 14.9. The number of hydrogen-bond donors (Lipinski definition) is 3. The molecule has 0 spiro atoms. The fourth-order valence-electron chi connectivity index (χ4n) is 2.47. The van der Waals surface area contributed by atoms with Crippen LogP contribution in [0.25, 0.3) is 0 Å². The number of aryl methyl sites for hydroxylation is 1. The van der Waals surface area contributed by atoms with Crippen LogP contribution in [0, 0.1) is 6.92 Å². The molecule has 0 saturated heterocycles. The summed E-state index contributed by atoms with van der Waals surface area (Å²) in [6, 6.07) is 14.4. The lowest BCUT2D eigenvalue weighted by Crippen LogP contribution is -2.29. The van der Waals surface area contributed by atoms with Gasteiger partial charge in [0.15, 0.2) is 0 Å². The Morgan fingerprint density at radius 3 is 2.46 bits per heavy atom. The zero-order valence-corrected chi connectivity index (χ0v) is 13.9. The molecule has 0 aliphatic carbocycles. The number of hydrogen-bond acceptors (Lipinski definition) is 3. The third-order valence-electron chi connectivity index (χ3n) is 3.73. The highest BCUT2D eigenvalue weighted by Crippen LogP contribution is 2.20. The molecule has 1 unspecified atom stereocenters. The minimum atomic E-state index is -0.384. The Hall–Kier alpha value is -2.66. The van der Waals surface area contributed by atoms with E-state index in [1.54, 1.807) is 6.07 Å². The van der Waals surface area contributed by atoms with Crippen molar-refractivity contribution in [1.29, 1.82) is 0 Å². The van der Waals surface area contributed by atoms with Gasteiger partial charge in [0, 0.05) is 12.6 Å². The van der Waals surface area contributed by atoms with E-state index >= 15 is 0 Å². The van der Waals surface area contributed by atoms with E-state index < -0.39 is 0 Å². The molecule has 1 atom stereocenters. The van der Waals surface area contributed by atoms with Gasteiger partial charge in [0.05, 0.1) is 19.1 Å². The topological polar surface area (TPSA) is 78.4 Å². The number of nitrogens with one attached hydrogen (secondary N) is 2. The van der Waals surface area contributed by atoms with Gasteiger partial charge in [-0.15, -0.1) is 0 Å². The molecule has 2 amide bonds. The van der Waals surface area contributed by atoms with Crippen molar-refractivity contribution in [2.24, 2.45) is 0 Å². The van der Waals surface area contributed by atoms with Crippen LogP contribution in [0.3, 0.4) is 0 Å². The summed E-state index contributed by atoms with van der Waals surface area (Å²) >= 11 is 0. The predicted octanol–water partition coefficient (Wildman–Crippen LogP) is 2.69. The number of carbonyl (C=O) groups excluding carboxylic acids is 2. The van der Waals surface area contributed by atoms with Crippen LogP contribution in [0.4, 0.5) is 5.69 Å². The fourth-order valence-corrected chi connectivity index (χ4v) is 2.47. The Labute approximate surface area is 141 Å². The van der Waals surface area contributed by atoms with E-state index in [4.69, 9.17) is 0 Å². The Bertz CT molecular complexity index is 714. The molecule has 0 saturated carbocycles. The van der Waals surface area contributed by atoms with Crippen LogP contribution in [0.2, 0.25) is 0 Å². The van der Waals surface area contributed by atoms with Gasteiger partial charge in [0.25, 0.3) is 0 Å². The Kier molecular flexibility index (Phi) is 6.09. The summed E-state index contributed by atoms with van der Waals surface area (Å²) in [6.45, 7) is 3.24. The number of amides is 2. The van der Waals surface area contributed by atoms with E-state index in [-0.39, 0.29) is 30.9 Å². The van der Waals surface area contributed by atoms with Crippen molar-refractivity contribution in [3.05, 3.63) is 65.2 Å². The van der Waals surface area contributed by atoms with Gasteiger partial charge in [-0.25, -0.2) is 0 Å². The molecule has 0 aromatic heterocycles. The van der Waals surface area contributed by atoms with Crippen LogP contribution >= 0.6 is 0 Å². The summed E-state index contributed by atoms with van der Waals surface area (Å²) in [5.74, 6) is -0.383. The number of aliphatic hydroxyl groups excluding tert-OH is 1. The third kappa shape index (κ3) is 4.93. The SMILES string of the molecule is CC(=O)NC(CC(=O)Nc1cc(CO)ccc1C)c1ccccc1. The monoisotopic (exact) mass is 326 g/mol. The molecule has 2 aromatic rings. The largest absolute Gasteiger partial charge is 0.392 e. The lowest BCUT2D eigenvalue weighted by molar-refractivity contribution is -0.120. The second kappa shape index (κ2) is 8.26. The first-order valence-electron chi connectivity index (χ1n) is 7.82. The number of benzene rings is 2. The highest BCUT2D eigenvalue weighted by atomic mass is 16.3. The smallest absolute Gasteiger partial charge is 0.226 e. The van der Waals surface area contributed by atoms with Gasteiger partial charge >= 0.3 is 0 Å². The molecule has 24 heavy (non-hydrogen) atoms. The summed E-state index contributed by atoms with van der Waals surface area (Å²) in [6.07, 6.45) is 0.131. The van der Waals surface area contributed by atoms with E-state index in [2.05, 4.69) is 10.6 Å². The zero-order valence-electron chi connectivity index (χ0n) is 13.9. The highest BCUT2D eigenvalue weighted by Gasteiger charge is 2.17.